The molecule has 9 heteroatoms. The number of esters is 1. The van der Waals surface area contributed by atoms with Gasteiger partial charge in [0.15, 0.2) is 0 Å². The monoisotopic (exact) mass is 437 g/mol. The van der Waals surface area contributed by atoms with Crippen molar-refractivity contribution in [1.82, 2.24) is 9.55 Å². The highest BCUT2D eigenvalue weighted by Gasteiger charge is 2.15. The van der Waals surface area contributed by atoms with E-state index in [1.807, 2.05) is 0 Å². The topological polar surface area (TPSA) is 90.3 Å². The molecule has 4 aromatic rings. The van der Waals surface area contributed by atoms with E-state index in [0.29, 0.717) is 32.6 Å². The quantitative estimate of drug-likeness (QED) is 0.481. The highest BCUT2D eigenvalue weighted by atomic mass is 32.1. The zero-order valence-corrected chi connectivity index (χ0v) is 17.1. The van der Waals surface area contributed by atoms with Crippen molar-refractivity contribution in [1.29, 1.82) is 0 Å². The number of halogens is 1. The molecule has 0 bridgehead atoms. The van der Waals surface area contributed by atoms with Crippen molar-refractivity contribution in [3.63, 3.8) is 0 Å². The number of rotatable bonds is 5. The molecule has 0 atom stereocenters. The molecule has 1 N–H and O–H groups in total. The number of nitrogens with one attached hydrogen (secondary N) is 1. The number of carbonyl (C=O) groups excluding carboxylic acids is 2. The van der Waals surface area contributed by atoms with E-state index < -0.39 is 11.9 Å². The lowest BCUT2D eigenvalue weighted by Crippen LogP contribution is -2.27. The number of anilines is 1. The van der Waals surface area contributed by atoms with Gasteiger partial charge in [-0.3, -0.25) is 14.2 Å². The summed E-state index contributed by atoms with van der Waals surface area (Å²) in [7, 11) is 1.29. The molecule has 0 aliphatic carbocycles. The van der Waals surface area contributed by atoms with Gasteiger partial charge in [0.1, 0.15) is 17.2 Å². The van der Waals surface area contributed by atoms with Crippen molar-refractivity contribution in [2.75, 3.05) is 12.4 Å². The van der Waals surface area contributed by atoms with Crippen LogP contribution in [0.5, 0.6) is 0 Å². The number of carbonyl (C=O) groups is 2. The molecule has 0 aliphatic rings. The number of thiophene rings is 1. The van der Waals surface area contributed by atoms with E-state index >= 15 is 0 Å². The van der Waals surface area contributed by atoms with E-state index in [2.05, 4.69) is 15.0 Å². The van der Waals surface area contributed by atoms with Gasteiger partial charge in [-0.15, -0.1) is 11.3 Å². The summed E-state index contributed by atoms with van der Waals surface area (Å²) in [6, 6.07) is 12.0. The summed E-state index contributed by atoms with van der Waals surface area (Å²) >= 11 is 1.31. The lowest BCUT2D eigenvalue weighted by molar-refractivity contribution is -0.116. The van der Waals surface area contributed by atoms with Gasteiger partial charge in [0.25, 0.3) is 5.56 Å². The number of aromatic nitrogens is 2. The fraction of sp³-hybridized carbons (Fsp3) is 0.0909. The predicted molar refractivity (Wildman–Crippen MR) is 116 cm³/mol. The molecule has 0 spiro atoms. The summed E-state index contributed by atoms with van der Waals surface area (Å²) in [5.41, 5.74) is 1.81. The van der Waals surface area contributed by atoms with Crippen LogP contribution in [0.1, 0.15) is 10.4 Å². The van der Waals surface area contributed by atoms with Crippen molar-refractivity contribution in [3.8, 4) is 11.1 Å². The summed E-state index contributed by atoms with van der Waals surface area (Å²) in [4.78, 5) is 41.8. The van der Waals surface area contributed by atoms with Crippen LogP contribution in [-0.4, -0.2) is 28.5 Å². The van der Waals surface area contributed by atoms with Gasteiger partial charge in [-0.1, -0.05) is 12.1 Å². The Balaban J connectivity index is 1.57. The molecule has 0 fully saturated rings. The van der Waals surface area contributed by atoms with E-state index in [0.717, 1.165) is 0 Å². The first-order chi connectivity index (χ1) is 15.0. The van der Waals surface area contributed by atoms with Crippen LogP contribution < -0.4 is 10.9 Å². The van der Waals surface area contributed by atoms with Crippen molar-refractivity contribution < 1.29 is 18.7 Å². The maximum atomic E-state index is 13.2. The third kappa shape index (κ3) is 4.22. The van der Waals surface area contributed by atoms with Crippen molar-refractivity contribution >= 4 is 39.1 Å². The number of hydrogen-bond acceptors (Lipinski definition) is 6. The summed E-state index contributed by atoms with van der Waals surface area (Å²) in [5.74, 6) is -1.26. The molecule has 156 valence electrons. The highest BCUT2D eigenvalue weighted by molar-refractivity contribution is 7.17. The van der Waals surface area contributed by atoms with Gasteiger partial charge in [0.2, 0.25) is 5.91 Å². The second-order valence-electron chi connectivity index (χ2n) is 6.63. The highest BCUT2D eigenvalue weighted by Crippen LogP contribution is 2.30. The molecule has 0 unspecified atom stereocenters. The Morgan fingerprint density at radius 1 is 1.13 bits per heavy atom. The van der Waals surface area contributed by atoms with E-state index in [-0.39, 0.29) is 17.9 Å². The third-order valence-corrected chi connectivity index (χ3v) is 5.51. The van der Waals surface area contributed by atoms with Gasteiger partial charge in [-0.25, -0.2) is 14.2 Å². The molecule has 0 saturated heterocycles. The van der Waals surface area contributed by atoms with Crippen LogP contribution in [0, 0.1) is 5.82 Å². The number of ether oxygens (including phenoxy) is 1. The van der Waals surface area contributed by atoms with Crippen LogP contribution >= 0.6 is 11.3 Å². The van der Waals surface area contributed by atoms with Crippen LogP contribution in [0.3, 0.4) is 0 Å². The average Bonchev–Trinajstić information content (AvgIpc) is 3.21. The minimum atomic E-state index is -0.475. The Morgan fingerprint density at radius 3 is 2.52 bits per heavy atom. The first kappa shape index (κ1) is 20.4. The fourth-order valence-corrected chi connectivity index (χ4v) is 3.99. The number of methoxy groups -OCH3 is 1. The lowest BCUT2D eigenvalue weighted by Gasteiger charge is -2.08. The molecule has 7 nitrogen and oxygen atoms in total. The van der Waals surface area contributed by atoms with Crippen molar-refractivity contribution in [2.24, 2.45) is 0 Å². The number of amides is 1. The molecule has 2 aromatic carbocycles. The zero-order valence-electron chi connectivity index (χ0n) is 16.3. The van der Waals surface area contributed by atoms with Gasteiger partial charge in [-0.05, 0) is 42.0 Å². The first-order valence-electron chi connectivity index (χ1n) is 9.17. The number of benzene rings is 2. The Labute approximate surface area is 179 Å². The minimum absolute atomic E-state index is 0.237. The van der Waals surface area contributed by atoms with Gasteiger partial charge in [-0.2, -0.15) is 0 Å². The molecule has 0 aliphatic heterocycles. The van der Waals surface area contributed by atoms with E-state index in [4.69, 9.17) is 0 Å². The Bertz CT molecular complexity index is 1330. The molecule has 2 heterocycles. The van der Waals surface area contributed by atoms with Gasteiger partial charge in [0.05, 0.1) is 24.4 Å². The summed E-state index contributed by atoms with van der Waals surface area (Å²) in [6.45, 7) is -0.237. The fourth-order valence-electron chi connectivity index (χ4n) is 3.08. The maximum Gasteiger partial charge on any atom is 0.337 e. The predicted octanol–water partition coefficient (Wildman–Crippen LogP) is 3.69. The standard InChI is InChI=1S/C22H16FN3O4S/c1-30-22(29)14-4-8-16(9-5-14)25-18(27)10-26-12-24-20-19(21(26)28)17(11-31-20)13-2-6-15(23)7-3-13/h2-9,11-12H,10H2,1H3,(H,25,27). The number of hydrogen-bond donors (Lipinski definition) is 1. The van der Waals surface area contributed by atoms with Crippen LogP contribution in [0.15, 0.2) is 65.0 Å². The summed E-state index contributed by atoms with van der Waals surface area (Å²) < 4.78 is 19.1. The smallest absolute Gasteiger partial charge is 0.337 e. The molecule has 1 amide bonds. The molecular formula is C22H16FN3O4S. The summed E-state index contributed by atoms with van der Waals surface area (Å²) in [5, 5.41) is 4.85. The number of fused-ring (bicyclic) bond motifs is 1. The molecular weight excluding hydrogens is 421 g/mol. The molecule has 2 aromatic heterocycles. The normalized spacial score (nSPS) is 10.8. The van der Waals surface area contributed by atoms with Crippen molar-refractivity contribution in [2.45, 2.75) is 6.54 Å². The van der Waals surface area contributed by atoms with Crippen LogP contribution in [-0.2, 0) is 16.1 Å². The Morgan fingerprint density at radius 2 is 1.84 bits per heavy atom. The van der Waals surface area contributed by atoms with Crippen LogP contribution in [0.4, 0.5) is 10.1 Å². The third-order valence-electron chi connectivity index (χ3n) is 4.62. The van der Waals surface area contributed by atoms with Gasteiger partial charge >= 0.3 is 5.97 Å². The lowest BCUT2D eigenvalue weighted by atomic mass is 10.1. The SMILES string of the molecule is COC(=O)c1ccc(NC(=O)Cn2cnc3scc(-c4ccc(F)cc4)c3c2=O)cc1. The Hall–Kier alpha value is -3.85. The minimum Gasteiger partial charge on any atom is -0.465 e. The molecule has 0 saturated carbocycles. The second-order valence-corrected chi connectivity index (χ2v) is 7.49. The van der Waals surface area contributed by atoms with Gasteiger partial charge < -0.3 is 10.1 Å². The van der Waals surface area contributed by atoms with Gasteiger partial charge in [0, 0.05) is 16.6 Å². The number of nitrogens with zero attached hydrogens (tertiary/aromatic N) is 2. The average molecular weight is 437 g/mol. The first-order valence-corrected chi connectivity index (χ1v) is 10.0. The molecule has 0 radical (unpaired) electrons. The van der Waals surface area contributed by atoms with Crippen molar-refractivity contribution in [3.05, 3.63) is 82.0 Å². The van der Waals surface area contributed by atoms with Crippen LogP contribution in [0.2, 0.25) is 0 Å². The van der Waals surface area contributed by atoms with E-state index in [9.17, 15) is 18.8 Å². The van der Waals surface area contributed by atoms with E-state index in [1.54, 1.807) is 29.6 Å². The second kappa shape index (κ2) is 8.49. The molecule has 31 heavy (non-hydrogen) atoms. The van der Waals surface area contributed by atoms with E-state index in [1.165, 1.54) is 53.6 Å². The van der Waals surface area contributed by atoms with Crippen LogP contribution in [0.25, 0.3) is 21.3 Å². The zero-order chi connectivity index (χ0) is 22.0. The molecule has 4 rings (SSSR count). The summed E-state index contributed by atoms with van der Waals surface area (Å²) in [6.07, 6.45) is 1.33. The Kier molecular flexibility index (Phi) is 5.59. The maximum absolute atomic E-state index is 13.2. The largest absolute Gasteiger partial charge is 0.465 e.